The highest BCUT2D eigenvalue weighted by Gasteiger charge is 1.93. The Bertz CT molecular complexity index is 217. The number of rotatable bonds is 14. The van der Waals surface area contributed by atoms with Gasteiger partial charge >= 0.3 is 0 Å². The zero-order chi connectivity index (χ0) is 14.0. The maximum absolute atomic E-state index is 8.41. The van der Waals surface area contributed by atoms with Crippen molar-refractivity contribution in [3.8, 4) is 18.4 Å². The van der Waals surface area contributed by atoms with Crippen molar-refractivity contribution in [3.63, 3.8) is 0 Å². The molecule has 0 fully saturated rings. The van der Waals surface area contributed by atoms with Crippen LogP contribution in [0, 0.1) is 23.7 Å². The van der Waals surface area contributed by atoms with Crippen molar-refractivity contribution in [2.24, 2.45) is 0 Å². The van der Waals surface area contributed by atoms with Crippen LogP contribution in [-0.4, -0.2) is 0 Å². The van der Waals surface area contributed by atoms with Crippen LogP contribution in [0.4, 0.5) is 0 Å². The molecule has 0 aromatic rings. The molecule has 0 rings (SSSR count). The molecule has 0 radical (unpaired) electrons. The van der Waals surface area contributed by atoms with E-state index in [4.69, 9.17) is 11.7 Å². The van der Waals surface area contributed by atoms with Gasteiger partial charge in [-0.1, -0.05) is 70.6 Å². The first kappa shape index (κ1) is 18.0. The quantitative estimate of drug-likeness (QED) is 0.278. The molecule has 108 valence electrons. The first-order valence-electron chi connectivity index (χ1n) is 8.22. The Morgan fingerprint density at radius 3 is 1.16 bits per heavy atom. The molecule has 0 aliphatic rings. The molecule has 0 unspecified atom stereocenters. The van der Waals surface area contributed by atoms with Gasteiger partial charge in [0, 0.05) is 12.8 Å². The van der Waals surface area contributed by atoms with E-state index in [9.17, 15) is 0 Å². The zero-order valence-corrected chi connectivity index (χ0v) is 12.6. The van der Waals surface area contributed by atoms with Crippen molar-refractivity contribution < 1.29 is 0 Å². The molecule has 0 bridgehead atoms. The standard InChI is InChI=1S/C18H31N/c1-2-3-4-5-6-7-8-9-10-11-12-13-14-15-16-17-18-19/h1H,3-17H2. The molecule has 0 aromatic heterocycles. The van der Waals surface area contributed by atoms with Crippen molar-refractivity contribution in [1.82, 2.24) is 0 Å². The summed E-state index contributed by atoms with van der Waals surface area (Å²) in [5.41, 5.74) is 0. The van der Waals surface area contributed by atoms with Gasteiger partial charge in [-0.2, -0.15) is 5.26 Å². The maximum atomic E-state index is 8.41. The molecular weight excluding hydrogens is 230 g/mol. The van der Waals surface area contributed by atoms with Crippen molar-refractivity contribution >= 4 is 0 Å². The highest BCUT2D eigenvalue weighted by atomic mass is 14.2. The third-order valence-electron chi connectivity index (χ3n) is 3.61. The summed E-state index contributed by atoms with van der Waals surface area (Å²) in [6.45, 7) is 0. The number of terminal acetylenes is 1. The first-order chi connectivity index (χ1) is 9.41. The minimum atomic E-state index is 0.737. The highest BCUT2D eigenvalue weighted by Crippen LogP contribution is 2.13. The van der Waals surface area contributed by atoms with Gasteiger partial charge in [-0.05, 0) is 12.8 Å². The van der Waals surface area contributed by atoms with E-state index in [1.165, 1.54) is 77.0 Å². The molecule has 1 heteroatoms. The summed E-state index contributed by atoms with van der Waals surface area (Å²) in [7, 11) is 0. The van der Waals surface area contributed by atoms with Crippen LogP contribution in [0.1, 0.15) is 96.3 Å². The molecule has 1 nitrogen and oxygen atoms in total. The van der Waals surface area contributed by atoms with E-state index in [-0.39, 0.29) is 0 Å². The summed E-state index contributed by atoms with van der Waals surface area (Å²) < 4.78 is 0. The van der Waals surface area contributed by atoms with E-state index in [1.807, 2.05) is 0 Å². The lowest BCUT2D eigenvalue weighted by molar-refractivity contribution is 0.538. The topological polar surface area (TPSA) is 23.8 Å². The first-order valence-corrected chi connectivity index (χ1v) is 8.22. The minimum absolute atomic E-state index is 0.737. The van der Waals surface area contributed by atoms with Crippen LogP contribution in [0.2, 0.25) is 0 Å². The lowest BCUT2D eigenvalue weighted by atomic mass is 10.0. The van der Waals surface area contributed by atoms with Gasteiger partial charge in [0.1, 0.15) is 0 Å². The largest absolute Gasteiger partial charge is 0.198 e. The van der Waals surface area contributed by atoms with Crippen LogP contribution in [0.5, 0.6) is 0 Å². The molecule has 0 atom stereocenters. The lowest BCUT2D eigenvalue weighted by Gasteiger charge is -2.02. The average Bonchev–Trinajstić information content (AvgIpc) is 2.43. The second-order valence-electron chi connectivity index (χ2n) is 5.46. The van der Waals surface area contributed by atoms with Gasteiger partial charge in [0.05, 0.1) is 6.07 Å². The monoisotopic (exact) mass is 261 g/mol. The molecule has 0 saturated heterocycles. The Labute approximate surface area is 120 Å². The van der Waals surface area contributed by atoms with E-state index in [0.29, 0.717) is 0 Å². The summed E-state index contributed by atoms with van der Waals surface area (Å²) in [6.07, 6.45) is 24.2. The van der Waals surface area contributed by atoms with Crippen molar-refractivity contribution in [2.45, 2.75) is 96.3 Å². The molecule has 0 N–H and O–H groups in total. The fourth-order valence-corrected chi connectivity index (χ4v) is 2.38. The van der Waals surface area contributed by atoms with Gasteiger partial charge < -0.3 is 0 Å². The SMILES string of the molecule is C#CCCCCCCCCCCCCCCCC#N. The van der Waals surface area contributed by atoms with Gasteiger partial charge in [-0.3, -0.25) is 0 Å². The van der Waals surface area contributed by atoms with Gasteiger partial charge in [0.2, 0.25) is 0 Å². The second-order valence-corrected chi connectivity index (χ2v) is 5.46. The summed E-state index contributed by atoms with van der Waals surface area (Å²) in [5.74, 6) is 2.70. The summed E-state index contributed by atoms with van der Waals surface area (Å²) in [4.78, 5) is 0. The maximum Gasteiger partial charge on any atom is 0.0621 e. The summed E-state index contributed by atoms with van der Waals surface area (Å²) in [5, 5.41) is 8.41. The number of hydrogen-bond acceptors (Lipinski definition) is 1. The zero-order valence-electron chi connectivity index (χ0n) is 12.6. The average molecular weight is 261 g/mol. The third kappa shape index (κ3) is 17.1. The lowest BCUT2D eigenvalue weighted by Crippen LogP contribution is -1.83. The third-order valence-corrected chi connectivity index (χ3v) is 3.61. The molecule has 19 heavy (non-hydrogen) atoms. The molecule has 0 saturated carbocycles. The van der Waals surface area contributed by atoms with Crippen LogP contribution in [0.3, 0.4) is 0 Å². The number of unbranched alkanes of at least 4 members (excludes halogenated alkanes) is 14. The highest BCUT2D eigenvalue weighted by molar-refractivity contribution is 4.82. The van der Waals surface area contributed by atoms with Gasteiger partial charge in [-0.25, -0.2) is 0 Å². The predicted octanol–water partition coefficient (Wildman–Crippen LogP) is 5.99. The number of nitriles is 1. The van der Waals surface area contributed by atoms with Crippen LogP contribution < -0.4 is 0 Å². The number of hydrogen-bond donors (Lipinski definition) is 0. The Kier molecular flexibility index (Phi) is 16.2. The van der Waals surface area contributed by atoms with Gasteiger partial charge in [0.25, 0.3) is 0 Å². The Hall–Kier alpha value is -0.950. The molecular formula is C18H31N. The molecule has 0 heterocycles. The molecule has 0 aliphatic heterocycles. The number of nitrogens with zero attached hydrogens (tertiary/aromatic N) is 1. The fraction of sp³-hybridized carbons (Fsp3) is 0.833. The van der Waals surface area contributed by atoms with E-state index in [1.54, 1.807) is 0 Å². The summed E-state index contributed by atoms with van der Waals surface area (Å²) >= 11 is 0. The molecule has 0 amide bonds. The molecule has 0 aromatic carbocycles. The van der Waals surface area contributed by atoms with Crippen LogP contribution >= 0.6 is 0 Å². The molecule has 0 spiro atoms. The smallest absolute Gasteiger partial charge is 0.0621 e. The fourth-order valence-electron chi connectivity index (χ4n) is 2.38. The summed E-state index contributed by atoms with van der Waals surface area (Å²) in [6, 6.07) is 2.20. The Morgan fingerprint density at radius 1 is 0.526 bits per heavy atom. The Balaban J connectivity index is 2.92. The normalized spacial score (nSPS) is 10.0. The van der Waals surface area contributed by atoms with Crippen LogP contribution in [0.15, 0.2) is 0 Å². The Morgan fingerprint density at radius 2 is 0.842 bits per heavy atom. The molecule has 0 aliphatic carbocycles. The predicted molar refractivity (Wildman–Crippen MR) is 83.7 cm³/mol. The van der Waals surface area contributed by atoms with Gasteiger partial charge in [0.15, 0.2) is 0 Å². The second kappa shape index (κ2) is 17.1. The van der Waals surface area contributed by atoms with Crippen molar-refractivity contribution in [1.29, 1.82) is 5.26 Å². The van der Waals surface area contributed by atoms with Crippen LogP contribution in [0.25, 0.3) is 0 Å². The van der Waals surface area contributed by atoms with E-state index < -0.39 is 0 Å². The van der Waals surface area contributed by atoms with Crippen LogP contribution in [-0.2, 0) is 0 Å². The van der Waals surface area contributed by atoms with E-state index in [2.05, 4.69) is 12.0 Å². The van der Waals surface area contributed by atoms with E-state index >= 15 is 0 Å². The van der Waals surface area contributed by atoms with Gasteiger partial charge in [-0.15, -0.1) is 12.3 Å². The van der Waals surface area contributed by atoms with Crippen molar-refractivity contribution in [2.75, 3.05) is 0 Å². The minimum Gasteiger partial charge on any atom is -0.198 e. The van der Waals surface area contributed by atoms with Crippen molar-refractivity contribution in [3.05, 3.63) is 0 Å². The van der Waals surface area contributed by atoms with E-state index in [0.717, 1.165) is 19.3 Å².